The van der Waals surface area contributed by atoms with Gasteiger partial charge in [0, 0.05) is 13.1 Å². The van der Waals surface area contributed by atoms with Gasteiger partial charge in [0.2, 0.25) is 0 Å². The Labute approximate surface area is 185 Å². The molecule has 2 aromatic rings. The molecule has 31 heavy (non-hydrogen) atoms. The highest BCUT2D eigenvalue weighted by Gasteiger charge is 2.03. The minimum absolute atomic E-state index is 0.110. The second kappa shape index (κ2) is 15.3. The lowest BCUT2D eigenvalue weighted by atomic mass is 10.3. The summed E-state index contributed by atoms with van der Waals surface area (Å²) in [5.74, 6) is 1.65. The molecule has 0 unspecified atom stereocenters. The molecule has 2 aromatic carbocycles. The molecule has 0 aliphatic carbocycles. The molecule has 7 heteroatoms. The standard InChI is InChI=1S/C24H35N3O4/c1-2-3-19-30-23-10-6-21(7-11-23)25-26-22-8-12-24(13-9-22)31-20-5-4-14-27(15-17-28)16-18-29/h6-13,28-29H,2-5,14-20H2,1H3. The van der Waals surface area contributed by atoms with Crippen molar-refractivity contribution in [1.29, 1.82) is 0 Å². The first-order valence-corrected chi connectivity index (χ1v) is 11.1. The maximum Gasteiger partial charge on any atom is 0.119 e. The summed E-state index contributed by atoms with van der Waals surface area (Å²) in [7, 11) is 0. The highest BCUT2D eigenvalue weighted by atomic mass is 16.5. The molecule has 2 N–H and O–H groups in total. The minimum atomic E-state index is 0.110. The largest absolute Gasteiger partial charge is 0.494 e. The average molecular weight is 430 g/mol. The van der Waals surface area contributed by atoms with Crippen LogP contribution in [0.15, 0.2) is 58.8 Å². The SMILES string of the molecule is CCCCOc1ccc(N=Nc2ccc(OCCCCN(CCO)CCO)cc2)cc1. The predicted molar refractivity (Wildman–Crippen MR) is 123 cm³/mol. The summed E-state index contributed by atoms with van der Waals surface area (Å²) in [6.45, 7) is 5.75. The average Bonchev–Trinajstić information content (AvgIpc) is 2.79. The Morgan fingerprint density at radius 2 is 1.16 bits per heavy atom. The summed E-state index contributed by atoms with van der Waals surface area (Å²) in [6.07, 6.45) is 4.03. The molecule has 0 saturated heterocycles. The molecule has 0 fully saturated rings. The van der Waals surface area contributed by atoms with E-state index in [1.54, 1.807) is 0 Å². The normalized spacial score (nSPS) is 11.4. The zero-order valence-corrected chi connectivity index (χ0v) is 18.4. The van der Waals surface area contributed by atoms with Crippen LogP contribution in [-0.4, -0.2) is 61.2 Å². The van der Waals surface area contributed by atoms with Gasteiger partial charge in [-0.1, -0.05) is 13.3 Å². The van der Waals surface area contributed by atoms with E-state index < -0.39 is 0 Å². The van der Waals surface area contributed by atoms with Crippen molar-refractivity contribution in [3.05, 3.63) is 48.5 Å². The Bertz CT molecular complexity index is 729. The third kappa shape index (κ3) is 10.4. The predicted octanol–water partition coefficient (Wildman–Crippen LogP) is 4.73. The Morgan fingerprint density at radius 1 is 0.677 bits per heavy atom. The van der Waals surface area contributed by atoms with Crippen molar-refractivity contribution in [2.45, 2.75) is 32.6 Å². The van der Waals surface area contributed by atoms with Gasteiger partial charge in [-0.3, -0.25) is 4.90 Å². The quantitative estimate of drug-likeness (QED) is 0.298. The third-order valence-corrected chi connectivity index (χ3v) is 4.69. The summed E-state index contributed by atoms with van der Waals surface area (Å²) in [4.78, 5) is 2.05. The number of unbranched alkanes of at least 4 members (excludes halogenated alkanes) is 2. The van der Waals surface area contributed by atoms with Crippen LogP contribution in [0, 0.1) is 0 Å². The molecule has 0 spiro atoms. The minimum Gasteiger partial charge on any atom is -0.494 e. The highest BCUT2D eigenvalue weighted by molar-refractivity contribution is 5.44. The van der Waals surface area contributed by atoms with Crippen LogP contribution < -0.4 is 9.47 Å². The van der Waals surface area contributed by atoms with Crippen LogP contribution in [0.1, 0.15) is 32.6 Å². The van der Waals surface area contributed by atoms with Crippen molar-refractivity contribution < 1.29 is 19.7 Å². The molecule has 0 heterocycles. The second-order valence-corrected chi connectivity index (χ2v) is 7.23. The second-order valence-electron chi connectivity index (χ2n) is 7.23. The number of ether oxygens (including phenoxy) is 2. The molecule has 2 rings (SSSR count). The van der Waals surface area contributed by atoms with E-state index in [2.05, 4.69) is 17.2 Å². The lowest BCUT2D eigenvalue weighted by molar-refractivity contribution is 0.157. The van der Waals surface area contributed by atoms with Gasteiger partial charge in [-0.05, 0) is 74.3 Å². The van der Waals surface area contributed by atoms with Crippen LogP contribution in [0.25, 0.3) is 0 Å². The van der Waals surface area contributed by atoms with Crippen LogP contribution in [0.2, 0.25) is 0 Å². The van der Waals surface area contributed by atoms with Crippen LogP contribution in [-0.2, 0) is 0 Å². The zero-order chi connectivity index (χ0) is 22.2. The topological polar surface area (TPSA) is 86.9 Å². The van der Waals surface area contributed by atoms with E-state index in [1.165, 1.54) is 0 Å². The van der Waals surface area contributed by atoms with E-state index in [9.17, 15) is 0 Å². The fourth-order valence-corrected chi connectivity index (χ4v) is 2.91. The van der Waals surface area contributed by atoms with Gasteiger partial charge in [0.1, 0.15) is 11.5 Å². The molecule has 7 nitrogen and oxygen atoms in total. The Balaban J connectivity index is 1.70. The van der Waals surface area contributed by atoms with Crippen LogP contribution >= 0.6 is 0 Å². The van der Waals surface area contributed by atoms with Gasteiger partial charge in [-0.2, -0.15) is 10.2 Å². The molecule has 0 aliphatic rings. The number of azo groups is 1. The molecule has 170 valence electrons. The molecule has 0 atom stereocenters. The van der Waals surface area contributed by atoms with Gasteiger partial charge >= 0.3 is 0 Å². The Hall–Kier alpha value is -2.48. The Kier molecular flexibility index (Phi) is 12.3. The van der Waals surface area contributed by atoms with E-state index in [0.717, 1.165) is 61.7 Å². The number of hydrogen-bond acceptors (Lipinski definition) is 7. The van der Waals surface area contributed by atoms with Crippen LogP contribution in [0.5, 0.6) is 11.5 Å². The van der Waals surface area contributed by atoms with Gasteiger partial charge in [-0.15, -0.1) is 0 Å². The smallest absolute Gasteiger partial charge is 0.119 e. The molecule has 0 bridgehead atoms. The van der Waals surface area contributed by atoms with E-state index >= 15 is 0 Å². The number of aliphatic hydroxyl groups is 2. The number of nitrogens with zero attached hydrogens (tertiary/aromatic N) is 3. The molecule has 0 amide bonds. The van der Waals surface area contributed by atoms with Crippen LogP contribution in [0.3, 0.4) is 0 Å². The van der Waals surface area contributed by atoms with Crippen molar-refractivity contribution in [2.24, 2.45) is 10.2 Å². The van der Waals surface area contributed by atoms with E-state index in [0.29, 0.717) is 19.7 Å². The number of benzene rings is 2. The van der Waals surface area contributed by atoms with E-state index in [-0.39, 0.29) is 13.2 Å². The monoisotopic (exact) mass is 429 g/mol. The number of aliphatic hydroxyl groups excluding tert-OH is 2. The van der Waals surface area contributed by atoms with Crippen molar-refractivity contribution >= 4 is 11.4 Å². The molecule has 0 aromatic heterocycles. The fourth-order valence-electron chi connectivity index (χ4n) is 2.91. The van der Waals surface area contributed by atoms with Gasteiger partial charge in [0.05, 0.1) is 37.8 Å². The lowest BCUT2D eigenvalue weighted by Gasteiger charge is -2.19. The first-order chi connectivity index (χ1) is 15.2. The molecule has 0 radical (unpaired) electrons. The summed E-state index contributed by atoms with van der Waals surface area (Å²) in [5.41, 5.74) is 1.54. The van der Waals surface area contributed by atoms with Gasteiger partial charge in [0.15, 0.2) is 0 Å². The maximum absolute atomic E-state index is 9.02. The van der Waals surface area contributed by atoms with E-state index in [4.69, 9.17) is 19.7 Å². The highest BCUT2D eigenvalue weighted by Crippen LogP contribution is 2.23. The Morgan fingerprint density at radius 3 is 1.61 bits per heavy atom. The van der Waals surface area contributed by atoms with Crippen LogP contribution in [0.4, 0.5) is 11.4 Å². The summed E-state index contributed by atoms with van der Waals surface area (Å²) >= 11 is 0. The first-order valence-electron chi connectivity index (χ1n) is 11.1. The van der Waals surface area contributed by atoms with Gasteiger partial charge in [-0.25, -0.2) is 0 Å². The van der Waals surface area contributed by atoms with Crippen molar-refractivity contribution in [1.82, 2.24) is 4.90 Å². The summed E-state index contributed by atoms with van der Waals surface area (Å²) in [6, 6.07) is 15.2. The molecule has 0 aliphatic heterocycles. The lowest BCUT2D eigenvalue weighted by Crippen LogP contribution is -2.31. The summed E-state index contributed by atoms with van der Waals surface area (Å²) in [5, 5.41) is 26.6. The van der Waals surface area contributed by atoms with Crippen molar-refractivity contribution in [3.63, 3.8) is 0 Å². The number of rotatable bonds is 16. The fraction of sp³-hybridized carbons (Fsp3) is 0.500. The third-order valence-electron chi connectivity index (χ3n) is 4.69. The summed E-state index contributed by atoms with van der Waals surface area (Å²) < 4.78 is 11.4. The zero-order valence-electron chi connectivity index (χ0n) is 18.4. The van der Waals surface area contributed by atoms with Crippen molar-refractivity contribution in [2.75, 3.05) is 46.1 Å². The number of hydrogen-bond donors (Lipinski definition) is 2. The molecule has 0 saturated carbocycles. The van der Waals surface area contributed by atoms with Gasteiger partial charge in [0.25, 0.3) is 0 Å². The molecular formula is C24H35N3O4. The first kappa shape index (κ1) is 24.8. The molecular weight excluding hydrogens is 394 g/mol. The van der Waals surface area contributed by atoms with E-state index in [1.807, 2.05) is 53.4 Å². The maximum atomic E-state index is 9.02. The van der Waals surface area contributed by atoms with Crippen molar-refractivity contribution in [3.8, 4) is 11.5 Å². The van der Waals surface area contributed by atoms with Gasteiger partial charge < -0.3 is 19.7 Å².